The summed E-state index contributed by atoms with van der Waals surface area (Å²) in [5.41, 5.74) is 43.6. The second kappa shape index (κ2) is 47.2. The first-order valence-corrected chi connectivity index (χ1v) is 35.5. The molecular formula is C61H105N23O21S. The summed E-state index contributed by atoms with van der Waals surface area (Å²) < 4.78 is 0. The van der Waals surface area contributed by atoms with Gasteiger partial charge in [-0.05, 0) is 123 Å². The van der Waals surface area contributed by atoms with Crippen molar-refractivity contribution >= 4 is 124 Å². The minimum absolute atomic E-state index is 0.00667. The van der Waals surface area contributed by atoms with Gasteiger partial charge in [0.15, 0.2) is 11.9 Å². The Kier molecular flexibility index (Phi) is 40.9. The van der Waals surface area contributed by atoms with Crippen molar-refractivity contribution in [2.75, 3.05) is 57.9 Å². The van der Waals surface area contributed by atoms with Gasteiger partial charge in [-0.1, -0.05) is 0 Å². The number of nitrogens with two attached hydrogens (primary N) is 8. The van der Waals surface area contributed by atoms with E-state index >= 15 is 0 Å². The Bertz CT molecular complexity index is 3160. The highest BCUT2D eigenvalue weighted by molar-refractivity contribution is 7.98. The van der Waals surface area contributed by atoms with E-state index in [4.69, 9.17) is 51.0 Å². The van der Waals surface area contributed by atoms with Crippen LogP contribution < -0.4 is 104 Å². The van der Waals surface area contributed by atoms with Crippen molar-refractivity contribution in [3.63, 3.8) is 0 Å². The van der Waals surface area contributed by atoms with Crippen LogP contribution in [0, 0.1) is 0 Å². The van der Waals surface area contributed by atoms with Crippen molar-refractivity contribution < 1.29 is 102 Å². The number of aliphatic hydroxyl groups is 2. The summed E-state index contributed by atoms with van der Waals surface area (Å²) in [5, 5.41) is 65.0. The molecule has 0 aromatic rings. The van der Waals surface area contributed by atoms with Crippen molar-refractivity contribution in [2.24, 2.45) is 55.9 Å². The molecule has 15 amide bonds. The first-order valence-electron chi connectivity index (χ1n) is 34.1. The molecule has 14 atom stereocenters. The van der Waals surface area contributed by atoms with Crippen LogP contribution in [-0.2, 0) is 81.5 Å². The molecule has 0 aromatic carbocycles. The summed E-state index contributed by atoms with van der Waals surface area (Å²) in [5.74, 6) is -18.2. The monoisotopic (exact) mass is 1530 g/mol. The Balaban J connectivity index is 2.31. The number of nitrogens with one attached hydrogen (secondary N) is 11. The molecule has 0 saturated carbocycles. The number of amides is 15. The average Bonchev–Trinajstić information content (AvgIpc) is 1.67. The van der Waals surface area contributed by atoms with E-state index in [1.54, 1.807) is 6.26 Å². The van der Waals surface area contributed by atoms with E-state index in [0.29, 0.717) is 12.8 Å². The molecule has 0 spiro atoms. The van der Waals surface area contributed by atoms with E-state index in [0.717, 1.165) is 9.80 Å². The van der Waals surface area contributed by atoms with Gasteiger partial charge < -0.3 is 135 Å². The highest BCUT2D eigenvalue weighted by Gasteiger charge is 2.43. The number of thioether (sulfide) groups is 1. The molecule has 31 N–H and O–H groups in total. The van der Waals surface area contributed by atoms with Gasteiger partial charge in [0, 0.05) is 32.6 Å². The fraction of sp³-hybridized carbons (Fsp3) is 0.689. The van der Waals surface area contributed by atoms with Crippen LogP contribution in [0.4, 0.5) is 0 Å². The second-order valence-corrected chi connectivity index (χ2v) is 26.1. The molecule has 2 aliphatic rings. The van der Waals surface area contributed by atoms with Crippen LogP contribution in [0.1, 0.15) is 124 Å². The second-order valence-electron chi connectivity index (χ2n) is 25.1. The largest absolute Gasteiger partial charge is 0.481 e. The van der Waals surface area contributed by atoms with Gasteiger partial charge >= 0.3 is 11.9 Å². The Labute approximate surface area is 614 Å². The Morgan fingerprint density at radius 2 is 0.840 bits per heavy atom. The summed E-state index contributed by atoms with van der Waals surface area (Å²) in [4.78, 5) is 237. The quantitative estimate of drug-likeness (QED) is 0.0153. The summed E-state index contributed by atoms with van der Waals surface area (Å²) in [7, 11) is 0. The van der Waals surface area contributed by atoms with Gasteiger partial charge in [-0.3, -0.25) is 86.7 Å². The van der Waals surface area contributed by atoms with E-state index in [-0.39, 0.29) is 115 Å². The maximum absolute atomic E-state index is 14.3. The third-order valence-corrected chi connectivity index (χ3v) is 17.2. The molecule has 2 fully saturated rings. The Morgan fingerprint density at radius 3 is 1.32 bits per heavy atom. The third kappa shape index (κ3) is 32.4. The summed E-state index contributed by atoms with van der Waals surface area (Å²) >= 11 is 1.29. The first-order chi connectivity index (χ1) is 49.9. The minimum atomic E-state index is -1.94. The van der Waals surface area contributed by atoms with Crippen molar-refractivity contribution in [1.82, 2.24) is 68.3 Å². The van der Waals surface area contributed by atoms with Crippen molar-refractivity contribution in [3.05, 3.63) is 0 Å². The van der Waals surface area contributed by atoms with Gasteiger partial charge in [-0.25, -0.2) is 4.79 Å². The fourth-order valence-electron chi connectivity index (χ4n) is 10.8. The lowest BCUT2D eigenvalue weighted by Crippen LogP contribution is -2.61. The van der Waals surface area contributed by atoms with Gasteiger partial charge in [0.2, 0.25) is 88.6 Å². The highest BCUT2D eigenvalue weighted by atomic mass is 32.2. The zero-order valence-electron chi connectivity index (χ0n) is 59.6. The molecule has 596 valence electrons. The minimum Gasteiger partial charge on any atom is -0.481 e. The number of hydrogen-bond donors (Lipinski definition) is 23. The van der Waals surface area contributed by atoms with Crippen molar-refractivity contribution in [3.8, 4) is 0 Å². The summed E-state index contributed by atoms with van der Waals surface area (Å²) in [6.07, 6.45) is -0.322. The molecule has 2 saturated heterocycles. The van der Waals surface area contributed by atoms with Crippen LogP contribution in [0.5, 0.6) is 0 Å². The molecule has 0 unspecified atom stereocenters. The SMILES string of the molecule is CSCC[C@H](NC(=O)[C@H](C)NC(=O)[C@@H]1CCCN1C(=O)[C@H](CC(N)=O)NC(=O)[C@H](CO)NC(=O)[C@H](CC(N)=O)NC(=O)[C@H](C)NC(=O)[C@@H](N)CO)C(=O)N[C@@H](C)C(=O)N1CCC[C@H]1C(=O)N[C@@H](CCCN=C(N)N)C(=O)N[C@@H](CCC(=O)O)C(=O)N[C@@H](CCCN=C(N)N)C(=O)N[C@@H](CCCCN)C(=O)O. The first kappa shape index (κ1) is 91.8. The molecule has 2 aliphatic heterocycles. The predicted molar refractivity (Wildman–Crippen MR) is 378 cm³/mol. The van der Waals surface area contributed by atoms with Gasteiger partial charge in [0.1, 0.15) is 84.6 Å². The van der Waals surface area contributed by atoms with Crippen molar-refractivity contribution in [1.29, 1.82) is 0 Å². The normalized spacial score (nSPS) is 17.2. The van der Waals surface area contributed by atoms with E-state index in [9.17, 15) is 96.8 Å². The topological polar surface area (TPSA) is 743 Å². The number of hydrogen-bond acceptors (Lipinski definition) is 24. The van der Waals surface area contributed by atoms with E-state index < -0.39 is 224 Å². The van der Waals surface area contributed by atoms with Crippen LogP contribution >= 0.6 is 11.8 Å². The zero-order chi connectivity index (χ0) is 80.1. The number of aliphatic imine (C=N–C) groups is 2. The van der Waals surface area contributed by atoms with Gasteiger partial charge in [-0.2, -0.15) is 11.8 Å². The number of likely N-dealkylation sites (tertiary alicyclic amines) is 2. The number of guanidine groups is 2. The fourth-order valence-corrected chi connectivity index (χ4v) is 11.3. The lowest BCUT2D eigenvalue weighted by Gasteiger charge is -2.30. The standard InChI is InChI=1S/C61H105N23O21S/c1-29(72-48(93)32(63)27-85)47(92)80-38(25-43(64)87)53(98)82-40(28-86)54(99)81-39(26-44(65)88)58(103)84-23-10-14-41(84)55(100)73-30(2)46(91)75-36(18-24-106-4)49(94)74-31(3)57(102)83-22-9-15-42(83)56(101)78-34(13-8-21-71-61(68)69)50(95)77-35(16-17-45(89)90)52(97)76-33(12-7-20-70-60(66)67)51(96)79-37(59(104)105)11-5-6-19-62/h29-42,85-86H,5-28,62-63H2,1-4H3,(H2,64,87)(H2,65,88)(H,72,93)(H,73,100)(H,74,94)(H,75,91)(H,76,97)(H,77,95)(H,78,101)(H,79,96)(H,80,92)(H,81,99)(H,82,98)(H,89,90)(H,104,105)(H4,66,67,70)(H4,68,69,71)/t29-,30-,31-,32-,33-,34-,35-,36-,37-,38-,39-,40-,41-,42-/m0/s1. The maximum Gasteiger partial charge on any atom is 0.326 e. The number of aliphatic carboxylic acids is 2. The number of carbonyl (C=O) groups excluding carboxylic acids is 15. The molecule has 0 aromatic heterocycles. The van der Waals surface area contributed by atoms with Crippen LogP contribution in [0.3, 0.4) is 0 Å². The number of aliphatic hydroxyl groups excluding tert-OH is 2. The Morgan fingerprint density at radius 1 is 0.443 bits per heavy atom. The number of unbranched alkanes of at least 4 members (excludes halogenated alkanes) is 1. The van der Waals surface area contributed by atoms with E-state index in [1.807, 2.05) is 0 Å². The smallest absolute Gasteiger partial charge is 0.326 e. The number of carbonyl (C=O) groups is 17. The molecule has 0 bridgehead atoms. The average molecular weight is 1530 g/mol. The van der Waals surface area contributed by atoms with Crippen LogP contribution in [0.25, 0.3) is 0 Å². The third-order valence-electron chi connectivity index (χ3n) is 16.6. The molecule has 45 heteroatoms. The molecule has 106 heavy (non-hydrogen) atoms. The van der Waals surface area contributed by atoms with Gasteiger partial charge in [0.05, 0.1) is 26.1 Å². The molecule has 0 aliphatic carbocycles. The Hall–Kier alpha value is -10.3. The van der Waals surface area contributed by atoms with Gasteiger partial charge in [-0.15, -0.1) is 0 Å². The van der Waals surface area contributed by atoms with Crippen LogP contribution in [-0.4, -0.2) is 285 Å². The predicted octanol–water partition coefficient (Wildman–Crippen LogP) is -11.6. The maximum atomic E-state index is 14.3. The van der Waals surface area contributed by atoms with Crippen LogP contribution in [0.2, 0.25) is 0 Å². The number of rotatable bonds is 49. The molecule has 2 heterocycles. The number of carboxylic acid groups (broad SMARTS) is 2. The van der Waals surface area contributed by atoms with Gasteiger partial charge in [0.25, 0.3) is 0 Å². The zero-order valence-corrected chi connectivity index (χ0v) is 60.4. The summed E-state index contributed by atoms with van der Waals surface area (Å²) in [6.45, 7) is 1.82. The van der Waals surface area contributed by atoms with Crippen LogP contribution in [0.15, 0.2) is 9.98 Å². The molecule has 44 nitrogen and oxygen atoms in total. The highest BCUT2D eigenvalue weighted by Crippen LogP contribution is 2.22. The molecule has 2 rings (SSSR count). The van der Waals surface area contributed by atoms with E-state index in [2.05, 4.69) is 68.5 Å². The number of carboxylic acids is 2. The van der Waals surface area contributed by atoms with E-state index in [1.165, 1.54) is 32.5 Å². The number of primary amides is 2. The lowest BCUT2D eigenvalue weighted by atomic mass is 10.0. The van der Waals surface area contributed by atoms with Crippen molar-refractivity contribution in [2.45, 2.75) is 208 Å². The lowest BCUT2D eigenvalue weighted by molar-refractivity contribution is -0.143. The summed E-state index contributed by atoms with van der Waals surface area (Å²) in [6, 6.07) is -21.2. The molecule has 0 radical (unpaired) electrons. The number of nitrogens with zero attached hydrogens (tertiary/aromatic N) is 4. The molecular weight excluding hydrogens is 1420 g/mol.